The van der Waals surface area contributed by atoms with Crippen LogP contribution in [0.5, 0.6) is 5.75 Å². The van der Waals surface area contributed by atoms with Gasteiger partial charge < -0.3 is 19.7 Å². The molecule has 0 fully saturated rings. The average Bonchev–Trinajstić information content (AvgIpc) is 3.34. The van der Waals surface area contributed by atoms with E-state index in [4.69, 9.17) is 9.47 Å². The quantitative estimate of drug-likeness (QED) is 0.693. The molecule has 144 valence electrons. The molecule has 1 unspecified atom stereocenters. The number of carbonyl (C=O) groups excluding carboxylic acids is 1. The Morgan fingerprint density at radius 3 is 3.00 bits per heavy atom. The summed E-state index contributed by atoms with van der Waals surface area (Å²) in [7, 11) is 0. The van der Waals surface area contributed by atoms with E-state index in [9.17, 15) is 4.79 Å². The molecule has 2 N–H and O–H groups in total. The number of amides is 1. The Bertz CT molecular complexity index is 971. The Balaban J connectivity index is 1.41. The molecular formula is C20H20N4O3S. The highest BCUT2D eigenvalue weighted by atomic mass is 32.1. The molecule has 4 heterocycles. The number of hydrogen-bond acceptors (Lipinski definition) is 6. The lowest BCUT2D eigenvalue weighted by Crippen LogP contribution is -2.47. The summed E-state index contributed by atoms with van der Waals surface area (Å²) < 4.78 is 12.1. The molecular weight excluding hydrogens is 376 g/mol. The SMILES string of the molecule is O=C1NCCN2c3c1sc(-c1cn[nH]c1)c3OCC2COCc1ccccc1. The van der Waals surface area contributed by atoms with Crippen molar-refractivity contribution >= 4 is 22.9 Å². The lowest BCUT2D eigenvalue weighted by atomic mass is 10.1. The molecule has 28 heavy (non-hydrogen) atoms. The minimum atomic E-state index is -0.0482. The number of aromatic amines is 1. The molecule has 1 aromatic carbocycles. The van der Waals surface area contributed by atoms with Gasteiger partial charge in [0.05, 0.1) is 30.3 Å². The first-order valence-electron chi connectivity index (χ1n) is 9.26. The zero-order valence-corrected chi connectivity index (χ0v) is 16.0. The van der Waals surface area contributed by atoms with Crippen LogP contribution in [0, 0.1) is 0 Å². The molecule has 0 spiro atoms. The van der Waals surface area contributed by atoms with Gasteiger partial charge in [-0.25, -0.2) is 0 Å². The van der Waals surface area contributed by atoms with Crippen molar-refractivity contribution in [3.05, 3.63) is 53.2 Å². The Labute approximate surface area is 166 Å². The number of nitrogens with zero attached hydrogens (tertiary/aromatic N) is 2. The first kappa shape index (κ1) is 17.3. The summed E-state index contributed by atoms with van der Waals surface area (Å²) in [5.74, 6) is 0.728. The molecule has 7 nitrogen and oxygen atoms in total. The lowest BCUT2D eigenvalue weighted by molar-refractivity contribution is 0.0871. The maximum atomic E-state index is 12.6. The van der Waals surface area contributed by atoms with Gasteiger partial charge in [0.15, 0.2) is 5.75 Å². The number of ether oxygens (including phenoxy) is 2. The molecule has 0 radical (unpaired) electrons. The fraction of sp³-hybridized carbons (Fsp3) is 0.300. The van der Waals surface area contributed by atoms with Crippen LogP contribution in [0.2, 0.25) is 0 Å². The number of benzene rings is 1. The highest BCUT2D eigenvalue weighted by molar-refractivity contribution is 7.18. The molecule has 8 heteroatoms. The van der Waals surface area contributed by atoms with Gasteiger partial charge in [0.2, 0.25) is 0 Å². The predicted octanol–water partition coefficient (Wildman–Crippen LogP) is 2.67. The van der Waals surface area contributed by atoms with Gasteiger partial charge in [0.1, 0.15) is 17.2 Å². The number of anilines is 1. The van der Waals surface area contributed by atoms with Crippen LogP contribution in [0.15, 0.2) is 42.7 Å². The normalized spacial score (nSPS) is 18.2. The Morgan fingerprint density at radius 2 is 2.18 bits per heavy atom. The van der Waals surface area contributed by atoms with E-state index >= 15 is 0 Å². The predicted molar refractivity (Wildman–Crippen MR) is 107 cm³/mol. The van der Waals surface area contributed by atoms with Gasteiger partial charge in [-0.2, -0.15) is 5.10 Å². The van der Waals surface area contributed by atoms with E-state index in [1.807, 2.05) is 24.4 Å². The van der Waals surface area contributed by atoms with Gasteiger partial charge in [-0.3, -0.25) is 9.89 Å². The number of thiophene rings is 1. The maximum absolute atomic E-state index is 12.6. The van der Waals surface area contributed by atoms with E-state index in [1.54, 1.807) is 6.20 Å². The minimum absolute atomic E-state index is 0.0482. The molecule has 2 aliphatic rings. The number of aromatic nitrogens is 2. The first-order valence-corrected chi connectivity index (χ1v) is 10.1. The third kappa shape index (κ3) is 3.04. The van der Waals surface area contributed by atoms with Crippen LogP contribution in [-0.2, 0) is 11.3 Å². The molecule has 2 aliphatic heterocycles. The van der Waals surface area contributed by atoms with Crippen molar-refractivity contribution in [2.24, 2.45) is 0 Å². The second kappa shape index (κ2) is 7.29. The summed E-state index contributed by atoms with van der Waals surface area (Å²) in [5, 5.41) is 9.85. The zero-order valence-electron chi connectivity index (χ0n) is 15.2. The summed E-state index contributed by atoms with van der Waals surface area (Å²) in [5.41, 5.74) is 2.96. The van der Waals surface area contributed by atoms with Gasteiger partial charge in [0, 0.05) is 24.8 Å². The van der Waals surface area contributed by atoms with Crippen molar-refractivity contribution in [1.29, 1.82) is 0 Å². The topological polar surface area (TPSA) is 79.5 Å². The maximum Gasteiger partial charge on any atom is 0.263 e. The van der Waals surface area contributed by atoms with Crippen molar-refractivity contribution in [3.63, 3.8) is 0 Å². The van der Waals surface area contributed by atoms with E-state index in [0.29, 0.717) is 31.2 Å². The fourth-order valence-electron chi connectivity index (χ4n) is 3.66. The molecule has 5 rings (SSSR count). The van der Waals surface area contributed by atoms with Gasteiger partial charge in [-0.05, 0) is 5.56 Å². The van der Waals surface area contributed by atoms with Crippen molar-refractivity contribution < 1.29 is 14.3 Å². The summed E-state index contributed by atoms with van der Waals surface area (Å²) in [6.45, 7) is 2.97. The number of hydrogen-bond donors (Lipinski definition) is 2. The van der Waals surface area contributed by atoms with Gasteiger partial charge >= 0.3 is 0 Å². The highest BCUT2D eigenvalue weighted by Crippen LogP contribution is 2.50. The number of carbonyl (C=O) groups is 1. The smallest absolute Gasteiger partial charge is 0.263 e. The molecule has 3 aromatic rings. The third-order valence-electron chi connectivity index (χ3n) is 5.02. The van der Waals surface area contributed by atoms with E-state index in [1.165, 1.54) is 11.3 Å². The van der Waals surface area contributed by atoms with Crippen LogP contribution < -0.4 is 15.0 Å². The third-order valence-corrected chi connectivity index (χ3v) is 6.22. The molecule has 2 aromatic heterocycles. The molecule has 0 aliphatic carbocycles. The molecule has 0 bridgehead atoms. The van der Waals surface area contributed by atoms with Crippen LogP contribution in [-0.4, -0.2) is 48.4 Å². The van der Waals surface area contributed by atoms with Crippen molar-refractivity contribution in [3.8, 4) is 16.2 Å². The number of H-pyrrole nitrogens is 1. The first-order chi connectivity index (χ1) is 13.8. The van der Waals surface area contributed by atoms with E-state index in [0.717, 1.165) is 34.0 Å². The van der Waals surface area contributed by atoms with Crippen LogP contribution >= 0.6 is 11.3 Å². The van der Waals surface area contributed by atoms with Gasteiger partial charge in [-0.1, -0.05) is 30.3 Å². The second-order valence-corrected chi connectivity index (χ2v) is 7.86. The van der Waals surface area contributed by atoms with Crippen LogP contribution in [0.4, 0.5) is 5.69 Å². The van der Waals surface area contributed by atoms with Gasteiger partial charge in [-0.15, -0.1) is 11.3 Å². The lowest BCUT2D eigenvalue weighted by Gasteiger charge is -2.36. The van der Waals surface area contributed by atoms with E-state index in [2.05, 4.69) is 32.5 Å². The summed E-state index contributed by atoms with van der Waals surface area (Å²) in [6, 6.07) is 10.2. The zero-order chi connectivity index (χ0) is 18.9. The average molecular weight is 396 g/mol. The molecule has 0 saturated carbocycles. The molecule has 1 atom stereocenters. The molecule has 0 saturated heterocycles. The van der Waals surface area contributed by atoms with E-state index in [-0.39, 0.29) is 11.9 Å². The Morgan fingerprint density at radius 1 is 1.29 bits per heavy atom. The van der Waals surface area contributed by atoms with Crippen molar-refractivity contribution in [1.82, 2.24) is 15.5 Å². The summed E-state index contributed by atoms with van der Waals surface area (Å²) in [6.07, 6.45) is 3.57. The molecule has 1 amide bonds. The minimum Gasteiger partial charge on any atom is -0.488 e. The largest absolute Gasteiger partial charge is 0.488 e. The van der Waals surface area contributed by atoms with Crippen molar-refractivity contribution in [2.45, 2.75) is 12.6 Å². The van der Waals surface area contributed by atoms with Crippen LogP contribution in [0.3, 0.4) is 0 Å². The van der Waals surface area contributed by atoms with E-state index < -0.39 is 0 Å². The number of rotatable bonds is 5. The standard InChI is InChI=1S/C20H20N4O3S/c25-20-19-16-17(18(28-19)14-8-22-23-9-14)27-12-15(24(16)7-6-21-20)11-26-10-13-4-2-1-3-5-13/h1-5,8-9,15H,6-7,10-12H2,(H,21,25)(H,22,23). The Kier molecular flexibility index (Phi) is 4.50. The highest BCUT2D eigenvalue weighted by Gasteiger charge is 2.38. The van der Waals surface area contributed by atoms with Crippen LogP contribution in [0.25, 0.3) is 10.4 Å². The monoisotopic (exact) mass is 396 g/mol. The fourth-order valence-corrected chi connectivity index (χ4v) is 4.82. The summed E-state index contributed by atoms with van der Waals surface area (Å²) in [4.78, 5) is 16.5. The summed E-state index contributed by atoms with van der Waals surface area (Å²) >= 11 is 1.45. The van der Waals surface area contributed by atoms with Crippen molar-refractivity contribution in [2.75, 3.05) is 31.2 Å². The Hall–Kier alpha value is -2.84. The van der Waals surface area contributed by atoms with Gasteiger partial charge in [0.25, 0.3) is 5.91 Å². The number of nitrogens with one attached hydrogen (secondary N) is 2. The van der Waals surface area contributed by atoms with Crippen LogP contribution in [0.1, 0.15) is 15.2 Å². The second-order valence-electron chi connectivity index (χ2n) is 6.84.